The van der Waals surface area contributed by atoms with E-state index in [1.165, 1.54) is 6.33 Å². The molecule has 1 aromatic carbocycles. The molecule has 3 N–H and O–H groups in total. The Morgan fingerprint density at radius 3 is 2.95 bits per heavy atom. The van der Waals surface area contributed by atoms with Crippen LogP contribution in [0.2, 0.25) is 0 Å². The van der Waals surface area contributed by atoms with Gasteiger partial charge in [0.15, 0.2) is 0 Å². The smallest absolute Gasteiger partial charge is 0.135 e. The van der Waals surface area contributed by atoms with Gasteiger partial charge in [-0.25, -0.2) is 9.97 Å². The fourth-order valence-electron chi connectivity index (χ4n) is 1.75. The number of aromatic nitrogens is 2. The minimum absolute atomic E-state index is 0.563. The zero-order valence-corrected chi connectivity index (χ0v) is 11.2. The van der Waals surface area contributed by atoms with Crippen molar-refractivity contribution in [1.82, 2.24) is 9.97 Å². The van der Waals surface area contributed by atoms with Gasteiger partial charge in [0.25, 0.3) is 0 Å². The number of nitrogens with two attached hydrogens (primary N) is 1. The van der Waals surface area contributed by atoms with E-state index < -0.39 is 0 Å². The van der Waals surface area contributed by atoms with E-state index in [1.807, 2.05) is 30.1 Å². The lowest BCUT2D eigenvalue weighted by Crippen LogP contribution is -2.25. The molecule has 0 atom stereocenters. The van der Waals surface area contributed by atoms with Gasteiger partial charge in [-0.2, -0.15) is 5.26 Å². The van der Waals surface area contributed by atoms with E-state index in [0.717, 1.165) is 18.1 Å². The number of likely N-dealkylation sites (N-methyl/N-ethyl adjacent to an activating group) is 1. The highest BCUT2D eigenvalue weighted by molar-refractivity contribution is 5.60. The summed E-state index contributed by atoms with van der Waals surface area (Å²) in [5.41, 5.74) is 6.95. The first-order valence-electron chi connectivity index (χ1n) is 6.23. The van der Waals surface area contributed by atoms with E-state index in [-0.39, 0.29) is 0 Å². The number of anilines is 3. The Morgan fingerprint density at radius 1 is 1.35 bits per heavy atom. The van der Waals surface area contributed by atoms with Crippen molar-refractivity contribution in [2.45, 2.75) is 0 Å². The molecule has 1 heterocycles. The maximum atomic E-state index is 8.88. The zero-order valence-electron chi connectivity index (χ0n) is 11.2. The van der Waals surface area contributed by atoms with Crippen LogP contribution in [0.15, 0.2) is 36.7 Å². The van der Waals surface area contributed by atoms with E-state index >= 15 is 0 Å². The molecule has 0 saturated carbocycles. The van der Waals surface area contributed by atoms with Gasteiger partial charge in [0.2, 0.25) is 0 Å². The highest BCUT2D eigenvalue weighted by Crippen LogP contribution is 2.18. The molecule has 0 saturated heterocycles. The predicted molar refractivity (Wildman–Crippen MR) is 78.8 cm³/mol. The van der Waals surface area contributed by atoms with Crippen LogP contribution in [-0.2, 0) is 0 Å². The number of nitrogens with zero attached hydrogens (tertiary/aromatic N) is 4. The van der Waals surface area contributed by atoms with Crippen molar-refractivity contribution >= 4 is 17.3 Å². The molecule has 0 amide bonds. The maximum absolute atomic E-state index is 8.88. The molecule has 0 radical (unpaired) electrons. The number of nitrogens with one attached hydrogen (secondary N) is 1. The third kappa shape index (κ3) is 3.43. The van der Waals surface area contributed by atoms with Gasteiger partial charge in [-0.1, -0.05) is 6.07 Å². The average Bonchev–Trinajstić information content (AvgIpc) is 2.48. The lowest BCUT2D eigenvalue weighted by Gasteiger charge is -2.17. The second-order valence-corrected chi connectivity index (χ2v) is 4.29. The predicted octanol–water partition coefficient (Wildman–Crippen LogP) is 1.49. The second-order valence-electron chi connectivity index (χ2n) is 4.29. The molecule has 2 aromatic rings. The van der Waals surface area contributed by atoms with E-state index in [4.69, 9.17) is 11.0 Å². The monoisotopic (exact) mass is 268 g/mol. The van der Waals surface area contributed by atoms with Crippen LogP contribution in [0.4, 0.5) is 17.3 Å². The fraction of sp³-hybridized carbons (Fsp3) is 0.214. The minimum Gasteiger partial charge on any atom is -0.358 e. The number of nitriles is 1. The molecular formula is C14H16N6. The van der Waals surface area contributed by atoms with Crippen LogP contribution in [0.5, 0.6) is 0 Å². The minimum atomic E-state index is 0.563. The van der Waals surface area contributed by atoms with Crippen LogP contribution in [-0.4, -0.2) is 30.1 Å². The van der Waals surface area contributed by atoms with E-state index in [9.17, 15) is 0 Å². The SMILES string of the molecule is CN(CCN)c1cc(Nc2cccc(C#N)c2)ncn1. The summed E-state index contributed by atoms with van der Waals surface area (Å²) in [5, 5.41) is 12.0. The Bertz CT molecular complexity index is 619. The van der Waals surface area contributed by atoms with Crippen molar-refractivity contribution < 1.29 is 0 Å². The van der Waals surface area contributed by atoms with Crippen LogP contribution in [0.1, 0.15) is 5.56 Å². The second kappa shape index (κ2) is 6.50. The van der Waals surface area contributed by atoms with Crippen LogP contribution >= 0.6 is 0 Å². The first-order valence-corrected chi connectivity index (χ1v) is 6.23. The summed E-state index contributed by atoms with van der Waals surface area (Å²) in [6.07, 6.45) is 1.50. The normalized spacial score (nSPS) is 9.85. The Labute approximate surface area is 117 Å². The molecule has 20 heavy (non-hydrogen) atoms. The summed E-state index contributed by atoms with van der Waals surface area (Å²) in [7, 11) is 1.93. The third-order valence-electron chi connectivity index (χ3n) is 2.77. The van der Waals surface area contributed by atoms with Crippen molar-refractivity contribution in [3.05, 3.63) is 42.2 Å². The van der Waals surface area contributed by atoms with E-state index in [2.05, 4.69) is 21.4 Å². The molecule has 2 rings (SSSR count). The standard InChI is InChI=1S/C14H16N6/c1-20(6-5-15)14-8-13(17-10-18-14)19-12-4-2-3-11(7-12)9-16/h2-4,7-8,10H,5-6,15H2,1H3,(H,17,18,19). The van der Waals surface area contributed by atoms with Crippen LogP contribution in [0, 0.1) is 11.3 Å². The summed E-state index contributed by atoms with van der Waals surface area (Å²) >= 11 is 0. The third-order valence-corrected chi connectivity index (χ3v) is 2.77. The summed E-state index contributed by atoms with van der Waals surface area (Å²) in [6, 6.07) is 11.2. The fourth-order valence-corrected chi connectivity index (χ4v) is 1.75. The Balaban J connectivity index is 2.17. The number of rotatable bonds is 5. The Hall–Kier alpha value is -2.65. The average molecular weight is 268 g/mol. The molecule has 0 aliphatic heterocycles. The first-order chi connectivity index (χ1) is 9.72. The highest BCUT2D eigenvalue weighted by atomic mass is 15.2. The van der Waals surface area contributed by atoms with Crippen LogP contribution in [0.25, 0.3) is 0 Å². The van der Waals surface area contributed by atoms with Gasteiger partial charge in [-0.3, -0.25) is 0 Å². The first kappa shape index (κ1) is 13.8. The topological polar surface area (TPSA) is 90.9 Å². The van der Waals surface area contributed by atoms with Gasteiger partial charge in [0.1, 0.15) is 18.0 Å². The van der Waals surface area contributed by atoms with Crippen molar-refractivity contribution in [3.63, 3.8) is 0 Å². The molecule has 6 heteroatoms. The molecule has 0 spiro atoms. The zero-order chi connectivity index (χ0) is 14.4. The van der Waals surface area contributed by atoms with Crippen molar-refractivity contribution in [3.8, 4) is 6.07 Å². The molecule has 6 nitrogen and oxygen atoms in total. The van der Waals surface area contributed by atoms with Gasteiger partial charge >= 0.3 is 0 Å². The molecule has 102 valence electrons. The molecular weight excluding hydrogens is 252 g/mol. The van der Waals surface area contributed by atoms with E-state index in [1.54, 1.807) is 12.1 Å². The molecule has 0 unspecified atom stereocenters. The summed E-state index contributed by atoms with van der Waals surface area (Å²) in [5.74, 6) is 1.47. The van der Waals surface area contributed by atoms with Gasteiger partial charge in [0, 0.05) is 31.9 Å². The van der Waals surface area contributed by atoms with Crippen molar-refractivity contribution in [1.29, 1.82) is 5.26 Å². The summed E-state index contributed by atoms with van der Waals surface area (Å²) < 4.78 is 0. The quantitative estimate of drug-likeness (QED) is 0.853. The summed E-state index contributed by atoms with van der Waals surface area (Å²) in [6.45, 7) is 1.29. The van der Waals surface area contributed by atoms with Gasteiger partial charge < -0.3 is 16.0 Å². The van der Waals surface area contributed by atoms with Crippen LogP contribution in [0.3, 0.4) is 0 Å². The summed E-state index contributed by atoms with van der Waals surface area (Å²) in [4.78, 5) is 10.3. The molecule has 0 aliphatic rings. The Morgan fingerprint density at radius 2 is 2.20 bits per heavy atom. The van der Waals surface area contributed by atoms with Crippen molar-refractivity contribution in [2.24, 2.45) is 5.73 Å². The lowest BCUT2D eigenvalue weighted by atomic mass is 10.2. The van der Waals surface area contributed by atoms with Crippen molar-refractivity contribution in [2.75, 3.05) is 30.4 Å². The molecule has 1 aromatic heterocycles. The number of hydrogen-bond acceptors (Lipinski definition) is 6. The van der Waals surface area contributed by atoms with Gasteiger partial charge in [0.05, 0.1) is 11.6 Å². The molecule has 0 bridgehead atoms. The largest absolute Gasteiger partial charge is 0.358 e. The molecule has 0 fully saturated rings. The van der Waals surface area contributed by atoms with Gasteiger partial charge in [-0.05, 0) is 18.2 Å². The number of hydrogen-bond donors (Lipinski definition) is 2. The number of benzene rings is 1. The highest BCUT2D eigenvalue weighted by Gasteiger charge is 2.04. The van der Waals surface area contributed by atoms with Crippen LogP contribution < -0.4 is 16.0 Å². The molecule has 0 aliphatic carbocycles. The Kier molecular flexibility index (Phi) is 4.47. The maximum Gasteiger partial charge on any atom is 0.135 e. The lowest BCUT2D eigenvalue weighted by molar-refractivity contribution is 0.864. The van der Waals surface area contributed by atoms with Gasteiger partial charge in [-0.15, -0.1) is 0 Å². The van der Waals surface area contributed by atoms with E-state index in [0.29, 0.717) is 17.9 Å².